The largest absolute Gasteiger partial charge is 0.382 e. The van der Waals surface area contributed by atoms with E-state index in [1.165, 1.54) is 11.1 Å². The van der Waals surface area contributed by atoms with Crippen molar-refractivity contribution in [2.45, 2.75) is 26.3 Å². The summed E-state index contributed by atoms with van der Waals surface area (Å²) in [6.45, 7) is 7.48. The van der Waals surface area contributed by atoms with Gasteiger partial charge in [-0.25, -0.2) is 0 Å². The molecule has 0 heterocycles. The monoisotopic (exact) mass is 251 g/mol. The third-order valence-electron chi connectivity index (χ3n) is 3.00. The fourth-order valence-electron chi connectivity index (χ4n) is 1.92. The molecule has 0 radical (unpaired) electrons. The molecule has 1 N–H and O–H groups in total. The highest BCUT2D eigenvalue weighted by molar-refractivity contribution is 5.28. The van der Waals surface area contributed by atoms with Crippen LogP contribution in [0.5, 0.6) is 0 Å². The fraction of sp³-hybridized carbons (Fsp3) is 0.600. The Hall–Kier alpha value is -0.900. The lowest BCUT2D eigenvalue weighted by atomic mass is 10.0. The molecule has 0 aliphatic heterocycles. The zero-order valence-corrected chi connectivity index (χ0v) is 11.7. The summed E-state index contributed by atoms with van der Waals surface area (Å²) in [7, 11) is 1.69. The van der Waals surface area contributed by atoms with E-state index in [-0.39, 0.29) is 0 Å². The highest BCUT2D eigenvalue weighted by atomic mass is 16.5. The second-order valence-corrected chi connectivity index (χ2v) is 4.49. The van der Waals surface area contributed by atoms with Crippen molar-refractivity contribution in [3.05, 3.63) is 35.4 Å². The highest BCUT2D eigenvalue weighted by Crippen LogP contribution is 2.16. The summed E-state index contributed by atoms with van der Waals surface area (Å²) in [6, 6.07) is 8.90. The molecule has 0 amide bonds. The minimum atomic E-state index is 0.394. The number of nitrogens with one attached hydrogen (secondary N) is 1. The minimum absolute atomic E-state index is 0.394. The van der Waals surface area contributed by atoms with Crippen LogP contribution in [0.2, 0.25) is 0 Å². The van der Waals surface area contributed by atoms with E-state index in [4.69, 9.17) is 9.47 Å². The van der Waals surface area contributed by atoms with Crippen molar-refractivity contribution in [3.8, 4) is 0 Å². The average Bonchev–Trinajstić information content (AvgIpc) is 2.38. The highest BCUT2D eigenvalue weighted by Gasteiger charge is 2.06. The van der Waals surface area contributed by atoms with Gasteiger partial charge in [0.25, 0.3) is 0 Å². The van der Waals surface area contributed by atoms with Crippen LogP contribution in [-0.4, -0.2) is 33.5 Å². The second-order valence-electron chi connectivity index (χ2n) is 4.49. The van der Waals surface area contributed by atoms with Crippen LogP contribution in [0.3, 0.4) is 0 Å². The maximum absolute atomic E-state index is 5.42. The summed E-state index contributed by atoms with van der Waals surface area (Å²) in [4.78, 5) is 0. The lowest BCUT2D eigenvalue weighted by molar-refractivity contribution is 0.0693. The van der Waals surface area contributed by atoms with Gasteiger partial charge in [-0.2, -0.15) is 0 Å². The number of rotatable bonds is 9. The van der Waals surface area contributed by atoms with Gasteiger partial charge in [-0.1, -0.05) is 24.3 Å². The van der Waals surface area contributed by atoms with Crippen molar-refractivity contribution in [1.82, 2.24) is 5.32 Å². The quantitative estimate of drug-likeness (QED) is 0.685. The van der Waals surface area contributed by atoms with E-state index < -0.39 is 0 Å². The summed E-state index contributed by atoms with van der Waals surface area (Å²) in [5, 5.41) is 3.52. The molecule has 0 aliphatic rings. The Labute approximate surface area is 110 Å². The normalized spacial score (nSPS) is 12.6. The van der Waals surface area contributed by atoms with Crippen molar-refractivity contribution in [3.63, 3.8) is 0 Å². The van der Waals surface area contributed by atoms with Crippen LogP contribution < -0.4 is 5.32 Å². The van der Waals surface area contributed by atoms with Gasteiger partial charge in [0.15, 0.2) is 0 Å². The Morgan fingerprint density at radius 3 is 2.67 bits per heavy atom. The Kier molecular flexibility index (Phi) is 7.65. The van der Waals surface area contributed by atoms with Gasteiger partial charge in [0.2, 0.25) is 0 Å². The first-order chi connectivity index (χ1) is 8.75. The van der Waals surface area contributed by atoms with Crippen molar-refractivity contribution in [2.24, 2.45) is 0 Å². The van der Waals surface area contributed by atoms with Crippen LogP contribution in [0.4, 0.5) is 0 Å². The number of methoxy groups -OCH3 is 1. The molecule has 0 bridgehead atoms. The standard InChI is InChI=1S/C15H25NO2/c1-13-7-4-5-8-15(13)14(2)16-9-6-10-18-12-11-17-3/h4-5,7-8,14,16H,6,9-12H2,1-3H3/t14-/m0/s1. The average molecular weight is 251 g/mol. The molecule has 1 rings (SSSR count). The van der Waals surface area contributed by atoms with Gasteiger partial charge in [0, 0.05) is 19.8 Å². The third kappa shape index (κ3) is 5.63. The van der Waals surface area contributed by atoms with Crippen LogP contribution in [0, 0.1) is 6.92 Å². The summed E-state index contributed by atoms with van der Waals surface area (Å²) in [6.07, 6.45) is 1.03. The number of ether oxygens (including phenoxy) is 2. The molecule has 0 saturated heterocycles. The van der Waals surface area contributed by atoms with Crippen molar-refractivity contribution < 1.29 is 9.47 Å². The molecule has 102 valence electrons. The molecule has 3 nitrogen and oxygen atoms in total. The molecule has 0 aromatic heterocycles. The van der Waals surface area contributed by atoms with Crippen LogP contribution >= 0.6 is 0 Å². The molecule has 0 unspecified atom stereocenters. The smallest absolute Gasteiger partial charge is 0.0700 e. The second kappa shape index (κ2) is 9.09. The lowest BCUT2D eigenvalue weighted by Crippen LogP contribution is -2.21. The van der Waals surface area contributed by atoms with E-state index >= 15 is 0 Å². The summed E-state index contributed by atoms with van der Waals surface area (Å²) in [5.74, 6) is 0. The van der Waals surface area contributed by atoms with E-state index in [0.29, 0.717) is 19.3 Å². The molecule has 3 heteroatoms. The molecular formula is C15H25NO2. The first-order valence-corrected chi connectivity index (χ1v) is 6.61. The SMILES string of the molecule is COCCOCCCN[C@@H](C)c1ccccc1C. The van der Waals surface area contributed by atoms with E-state index in [0.717, 1.165) is 19.6 Å². The molecule has 0 saturated carbocycles. The Balaban J connectivity index is 2.14. The predicted octanol–water partition coefficient (Wildman–Crippen LogP) is 2.70. The zero-order valence-electron chi connectivity index (χ0n) is 11.7. The van der Waals surface area contributed by atoms with E-state index in [1.54, 1.807) is 7.11 Å². The number of aryl methyl sites for hydroxylation is 1. The van der Waals surface area contributed by atoms with Gasteiger partial charge in [-0.3, -0.25) is 0 Å². The Bertz CT molecular complexity index is 328. The Morgan fingerprint density at radius 2 is 1.94 bits per heavy atom. The van der Waals surface area contributed by atoms with E-state index in [1.807, 2.05) is 0 Å². The maximum atomic E-state index is 5.42. The maximum Gasteiger partial charge on any atom is 0.0700 e. The zero-order chi connectivity index (χ0) is 13.2. The summed E-state index contributed by atoms with van der Waals surface area (Å²) < 4.78 is 10.3. The van der Waals surface area contributed by atoms with Gasteiger partial charge >= 0.3 is 0 Å². The summed E-state index contributed by atoms with van der Waals surface area (Å²) >= 11 is 0. The van der Waals surface area contributed by atoms with Gasteiger partial charge in [-0.05, 0) is 37.9 Å². The lowest BCUT2D eigenvalue weighted by Gasteiger charge is -2.16. The molecule has 1 aromatic carbocycles. The van der Waals surface area contributed by atoms with Crippen molar-refractivity contribution >= 4 is 0 Å². The molecule has 1 atom stereocenters. The molecule has 0 fully saturated rings. The van der Waals surface area contributed by atoms with Gasteiger partial charge < -0.3 is 14.8 Å². The minimum Gasteiger partial charge on any atom is -0.382 e. The topological polar surface area (TPSA) is 30.5 Å². The van der Waals surface area contributed by atoms with E-state index in [9.17, 15) is 0 Å². The van der Waals surface area contributed by atoms with Gasteiger partial charge in [0.05, 0.1) is 13.2 Å². The molecular weight excluding hydrogens is 226 g/mol. The van der Waals surface area contributed by atoms with Crippen LogP contribution in [0.1, 0.15) is 30.5 Å². The first kappa shape index (κ1) is 15.2. The van der Waals surface area contributed by atoms with E-state index in [2.05, 4.69) is 43.4 Å². The Morgan fingerprint density at radius 1 is 1.17 bits per heavy atom. The molecule has 0 spiro atoms. The molecule has 0 aliphatic carbocycles. The van der Waals surface area contributed by atoms with Gasteiger partial charge in [0.1, 0.15) is 0 Å². The molecule has 1 aromatic rings. The van der Waals surface area contributed by atoms with Crippen LogP contribution in [0.15, 0.2) is 24.3 Å². The molecule has 18 heavy (non-hydrogen) atoms. The fourth-order valence-corrected chi connectivity index (χ4v) is 1.92. The first-order valence-electron chi connectivity index (χ1n) is 6.61. The van der Waals surface area contributed by atoms with Crippen molar-refractivity contribution in [2.75, 3.05) is 33.5 Å². The third-order valence-corrected chi connectivity index (χ3v) is 3.00. The van der Waals surface area contributed by atoms with Gasteiger partial charge in [-0.15, -0.1) is 0 Å². The predicted molar refractivity (Wildman–Crippen MR) is 74.9 cm³/mol. The van der Waals surface area contributed by atoms with Crippen molar-refractivity contribution in [1.29, 1.82) is 0 Å². The number of hydrogen-bond acceptors (Lipinski definition) is 3. The number of hydrogen-bond donors (Lipinski definition) is 1. The summed E-state index contributed by atoms with van der Waals surface area (Å²) in [5.41, 5.74) is 2.71. The van der Waals surface area contributed by atoms with Crippen LogP contribution in [-0.2, 0) is 9.47 Å². The van der Waals surface area contributed by atoms with Crippen LogP contribution in [0.25, 0.3) is 0 Å². The number of benzene rings is 1.